The molecule has 1 heterocycles. The molecule has 104 valence electrons. The fourth-order valence-corrected chi connectivity index (χ4v) is 3.17. The molecule has 1 amide bonds. The van der Waals surface area contributed by atoms with Crippen LogP contribution in [0.5, 0.6) is 0 Å². The minimum Gasteiger partial charge on any atom is -0.395 e. The van der Waals surface area contributed by atoms with Gasteiger partial charge >= 0.3 is 0 Å². The van der Waals surface area contributed by atoms with Crippen LogP contribution in [0.1, 0.15) is 45.4 Å². The number of nitrogens with one attached hydrogen (secondary N) is 1. The van der Waals surface area contributed by atoms with Gasteiger partial charge in [-0.25, -0.2) is 0 Å². The second kappa shape index (κ2) is 6.53. The van der Waals surface area contributed by atoms with Gasteiger partial charge in [0.2, 0.25) is 5.91 Å². The number of aliphatic hydroxyl groups excluding tert-OH is 1. The number of nitrogens with zero attached hydrogens (tertiary/aromatic N) is 1. The standard InChI is InChI=1S/C14H26N2O2/c1-11-4-6-12(7-5-11)15-14(18)9-16-8-2-3-13(16)10-17/h11-13,17H,2-10H2,1H3,(H,15,18)/t11?,12?,13-/m0/s1. The van der Waals surface area contributed by atoms with E-state index in [-0.39, 0.29) is 18.6 Å². The van der Waals surface area contributed by atoms with E-state index >= 15 is 0 Å². The maximum atomic E-state index is 12.0. The Kier molecular flexibility index (Phi) is 5.01. The quantitative estimate of drug-likeness (QED) is 0.791. The van der Waals surface area contributed by atoms with Crippen LogP contribution in [0.15, 0.2) is 0 Å². The molecule has 1 saturated heterocycles. The van der Waals surface area contributed by atoms with Crippen molar-refractivity contribution in [3.63, 3.8) is 0 Å². The summed E-state index contributed by atoms with van der Waals surface area (Å²) in [5.41, 5.74) is 0. The van der Waals surface area contributed by atoms with Crippen molar-refractivity contribution in [1.82, 2.24) is 10.2 Å². The fraction of sp³-hybridized carbons (Fsp3) is 0.929. The number of hydrogen-bond acceptors (Lipinski definition) is 3. The third kappa shape index (κ3) is 3.69. The number of likely N-dealkylation sites (tertiary alicyclic amines) is 1. The molecule has 0 radical (unpaired) electrons. The summed E-state index contributed by atoms with van der Waals surface area (Å²) in [4.78, 5) is 14.1. The van der Waals surface area contributed by atoms with Gasteiger partial charge in [0.05, 0.1) is 13.2 Å². The number of rotatable bonds is 4. The van der Waals surface area contributed by atoms with Crippen LogP contribution in [0.25, 0.3) is 0 Å². The summed E-state index contributed by atoms with van der Waals surface area (Å²) >= 11 is 0. The highest BCUT2D eigenvalue weighted by Gasteiger charge is 2.26. The Morgan fingerprint density at radius 3 is 2.67 bits per heavy atom. The molecule has 0 aromatic rings. The highest BCUT2D eigenvalue weighted by atomic mass is 16.3. The third-order valence-electron chi connectivity index (χ3n) is 4.44. The van der Waals surface area contributed by atoms with Crippen LogP contribution in [-0.2, 0) is 4.79 Å². The molecule has 1 saturated carbocycles. The summed E-state index contributed by atoms with van der Waals surface area (Å²) in [6.07, 6.45) is 6.82. The zero-order chi connectivity index (χ0) is 13.0. The molecular weight excluding hydrogens is 228 g/mol. The molecule has 4 nitrogen and oxygen atoms in total. The topological polar surface area (TPSA) is 52.6 Å². The van der Waals surface area contributed by atoms with Gasteiger partial charge in [-0.15, -0.1) is 0 Å². The van der Waals surface area contributed by atoms with E-state index < -0.39 is 0 Å². The first-order valence-corrected chi connectivity index (χ1v) is 7.33. The predicted octanol–water partition coefficient (Wildman–Crippen LogP) is 1.14. The first-order chi connectivity index (χ1) is 8.69. The van der Waals surface area contributed by atoms with E-state index in [4.69, 9.17) is 0 Å². The lowest BCUT2D eigenvalue weighted by molar-refractivity contribution is -0.123. The molecule has 18 heavy (non-hydrogen) atoms. The van der Waals surface area contributed by atoms with Crippen LogP contribution in [0.2, 0.25) is 0 Å². The fourth-order valence-electron chi connectivity index (χ4n) is 3.17. The van der Waals surface area contributed by atoms with E-state index in [1.165, 1.54) is 12.8 Å². The highest BCUT2D eigenvalue weighted by molar-refractivity contribution is 5.78. The van der Waals surface area contributed by atoms with Crippen LogP contribution in [0.4, 0.5) is 0 Å². The smallest absolute Gasteiger partial charge is 0.234 e. The van der Waals surface area contributed by atoms with Crippen molar-refractivity contribution in [2.24, 2.45) is 5.92 Å². The van der Waals surface area contributed by atoms with Crippen molar-refractivity contribution in [1.29, 1.82) is 0 Å². The second-order valence-corrected chi connectivity index (χ2v) is 5.97. The van der Waals surface area contributed by atoms with Crippen molar-refractivity contribution in [2.45, 2.75) is 57.5 Å². The van der Waals surface area contributed by atoms with Gasteiger partial charge in [-0.2, -0.15) is 0 Å². The summed E-state index contributed by atoms with van der Waals surface area (Å²) in [5.74, 6) is 0.949. The average molecular weight is 254 g/mol. The molecule has 0 spiro atoms. The lowest BCUT2D eigenvalue weighted by Crippen LogP contribution is -2.45. The van der Waals surface area contributed by atoms with Crippen LogP contribution in [0, 0.1) is 5.92 Å². The van der Waals surface area contributed by atoms with Crippen molar-refractivity contribution in [3.8, 4) is 0 Å². The molecule has 2 rings (SSSR count). The van der Waals surface area contributed by atoms with Crippen molar-refractivity contribution in [2.75, 3.05) is 19.7 Å². The van der Waals surface area contributed by atoms with Crippen molar-refractivity contribution < 1.29 is 9.90 Å². The van der Waals surface area contributed by atoms with Gasteiger partial charge in [0, 0.05) is 12.1 Å². The molecule has 1 aliphatic carbocycles. The molecule has 2 fully saturated rings. The minimum absolute atomic E-state index is 0.134. The normalized spacial score (nSPS) is 33.6. The van der Waals surface area contributed by atoms with Crippen LogP contribution >= 0.6 is 0 Å². The third-order valence-corrected chi connectivity index (χ3v) is 4.44. The Bertz CT molecular complexity index is 275. The van der Waals surface area contributed by atoms with E-state index in [0.717, 1.165) is 38.1 Å². The predicted molar refractivity (Wildman–Crippen MR) is 71.2 cm³/mol. The Morgan fingerprint density at radius 2 is 2.00 bits per heavy atom. The molecule has 2 aliphatic rings. The van der Waals surface area contributed by atoms with Gasteiger partial charge in [-0.05, 0) is 51.0 Å². The molecule has 4 heteroatoms. The molecule has 1 atom stereocenters. The zero-order valence-electron chi connectivity index (χ0n) is 11.4. The summed E-state index contributed by atoms with van der Waals surface area (Å²) in [5, 5.41) is 12.4. The Morgan fingerprint density at radius 1 is 1.28 bits per heavy atom. The van der Waals surface area contributed by atoms with Crippen molar-refractivity contribution >= 4 is 5.91 Å². The summed E-state index contributed by atoms with van der Waals surface area (Å²) in [7, 11) is 0. The monoisotopic (exact) mass is 254 g/mol. The number of amides is 1. The van der Waals surface area contributed by atoms with Crippen LogP contribution < -0.4 is 5.32 Å². The van der Waals surface area contributed by atoms with Gasteiger partial charge in [-0.3, -0.25) is 9.69 Å². The lowest BCUT2D eigenvalue weighted by atomic mass is 9.87. The van der Waals surface area contributed by atoms with E-state index in [2.05, 4.69) is 17.1 Å². The SMILES string of the molecule is CC1CCC(NC(=O)CN2CCC[C@H]2CO)CC1. The van der Waals surface area contributed by atoms with Gasteiger partial charge < -0.3 is 10.4 Å². The first kappa shape index (κ1) is 13.8. The molecule has 1 aliphatic heterocycles. The van der Waals surface area contributed by atoms with Gasteiger partial charge in [0.15, 0.2) is 0 Å². The minimum atomic E-state index is 0.134. The second-order valence-electron chi connectivity index (χ2n) is 5.97. The van der Waals surface area contributed by atoms with E-state index in [1.807, 2.05) is 0 Å². The lowest BCUT2D eigenvalue weighted by Gasteiger charge is -2.28. The van der Waals surface area contributed by atoms with Gasteiger partial charge in [0.1, 0.15) is 0 Å². The molecule has 2 N–H and O–H groups in total. The van der Waals surface area contributed by atoms with E-state index in [1.54, 1.807) is 0 Å². The Labute approximate surface area is 110 Å². The number of hydrogen-bond donors (Lipinski definition) is 2. The molecule has 0 bridgehead atoms. The Balaban J connectivity index is 1.71. The Hall–Kier alpha value is -0.610. The maximum Gasteiger partial charge on any atom is 0.234 e. The number of carbonyl (C=O) groups excluding carboxylic acids is 1. The zero-order valence-corrected chi connectivity index (χ0v) is 11.4. The summed E-state index contributed by atoms with van der Waals surface area (Å²) in [6, 6.07) is 0.575. The summed E-state index contributed by atoms with van der Waals surface area (Å²) < 4.78 is 0. The van der Waals surface area contributed by atoms with Gasteiger partial charge in [0.25, 0.3) is 0 Å². The highest BCUT2D eigenvalue weighted by Crippen LogP contribution is 2.23. The number of carbonyl (C=O) groups is 1. The largest absolute Gasteiger partial charge is 0.395 e. The average Bonchev–Trinajstić information content (AvgIpc) is 2.79. The van der Waals surface area contributed by atoms with Crippen molar-refractivity contribution in [3.05, 3.63) is 0 Å². The summed E-state index contributed by atoms with van der Waals surface area (Å²) in [6.45, 7) is 3.86. The van der Waals surface area contributed by atoms with Crippen LogP contribution in [-0.4, -0.2) is 47.7 Å². The van der Waals surface area contributed by atoms with Gasteiger partial charge in [-0.1, -0.05) is 6.92 Å². The molecule has 0 unspecified atom stereocenters. The first-order valence-electron chi connectivity index (χ1n) is 7.33. The van der Waals surface area contributed by atoms with E-state index in [0.29, 0.717) is 12.6 Å². The molecule has 0 aromatic carbocycles. The number of aliphatic hydroxyl groups is 1. The molecule has 0 aromatic heterocycles. The van der Waals surface area contributed by atoms with E-state index in [9.17, 15) is 9.90 Å². The van der Waals surface area contributed by atoms with Crippen LogP contribution in [0.3, 0.4) is 0 Å². The maximum absolute atomic E-state index is 12.0. The molecular formula is C14H26N2O2.